The van der Waals surface area contributed by atoms with Crippen LogP contribution in [0.5, 0.6) is 5.75 Å². The molecule has 0 saturated carbocycles. The third kappa shape index (κ3) is 4.54. The summed E-state index contributed by atoms with van der Waals surface area (Å²) >= 11 is 0. The number of ether oxygens (including phenoxy) is 1. The molecule has 11 heteroatoms. The molecule has 1 N–H and O–H groups in total. The fourth-order valence-corrected chi connectivity index (χ4v) is 6.51. The first-order valence-corrected chi connectivity index (χ1v) is 14.3. The minimum absolute atomic E-state index is 0.0630. The number of aryl methyl sites for hydroxylation is 1. The lowest BCUT2D eigenvalue weighted by molar-refractivity contribution is 0.343. The third-order valence-electron chi connectivity index (χ3n) is 7.31. The molecule has 0 unspecified atom stereocenters. The smallest absolute Gasteiger partial charge is 0.269 e. The molecule has 1 aliphatic rings. The summed E-state index contributed by atoms with van der Waals surface area (Å²) < 4.78 is 65.0. The predicted molar refractivity (Wildman–Crippen MR) is 148 cm³/mol. The summed E-state index contributed by atoms with van der Waals surface area (Å²) in [5, 5.41) is 8.30. The molecule has 0 spiro atoms. The zero-order valence-corrected chi connectivity index (χ0v) is 22.8. The number of benzene rings is 2. The molecule has 0 radical (unpaired) electrons. The number of pyridine rings is 1. The van der Waals surface area contributed by atoms with E-state index in [0.717, 1.165) is 53.2 Å². The van der Waals surface area contributed by atoms with Crippen LogP contribution in [0.15, 0.2) is 72.1 Å². The van der Waals surface area contributed by atoms with Crippen molar-refractivity contribution in [2.45, 2.75) is 30.7 Å². The van der Waals surface area contributed by atoms with Gasteiger partial charge in [0, 0.05) is 52.3 Å². The van der Waals surface area contributed by atoms with Crippen LogP contribution in [0.1, 0.15) is 24.4 Å². The van der Waals surface area contributed by atoms with Gasteiger partial charge in [0.05, 0.1) is 24.2 Å². The highest BCUT2D eigenvalue weighted by molar-refractivity contribution is 7.90. The molecule has 1 fully saturated rings. The molecule has 5 aromatic rings. The molecule has 4 heterocycles. The van der Waals surface area contributed by atoms with Gasteiger partial charge in [0.15, 0.2) is 17.2 Å². The number of rotatable bonds is 6. The lowest BCUT2D eigenvalue weighted by atomic mass is 10.0. The Kier molecular flexibility index (Phi) is 6.63. The minimum atomic E-state index is -4.09. The summed E-state index contributed by atoms with van der Waals surface area (Å²) in [6.45, 7) is 3.71. The predicted octanol–water partition coefficient (Wildman–Crippen LogP) is 5.32. The van der Waals surface area contributed by atoms with Crippen molar-refractivity contribution in [1.82, 2.24) is 24.1 Å². The number of nitrogens with one attached hydrogen (secondary N) is 1. The van der Waals surface area contributed by atoms with Crippen LogP contribution in [-0.4, -0.2) is 47.4 Å². The van der Waals surface area contributed by atoms with Gasteiger partial charge in [-0.25, -0.2) is 26.2 Å². The zero-order valence-electron chi connectivity index (χ0n) is 21.9. The number of aromatic nitrogens is 4. The van der Waals surface area contributed by atoms with Gasteiger partial charge in [-0.2, -0.15) is 5.10 Å². The molecular formula is C29H27F2N5O3S. The fourth-order valence-electron chi connectivity index (χ4n) is 5.18. The summed E-state index contributed by atoms with van der Waals surface area (Å²) in [5.74, 6) is -1.91. The first-order valence-electron chi connectivity index (χ1n) is 12.9. The minimum Gasteiger partial charge on any atom is -0.493 e. The Balaban J connectivity index is 1.55. The van der Waals surface area contributed by atoms with E-state index in [2.05, 4.69) is 15.4 Å². The number of nitrogens with zero attached hydrogens (tertiary/aromatic N) is 4. The van der Waals surface area contributed by atoms with Crippen molar-refractivity contribution in [3.8, 4) is 28.0 Å². The first kappa shape index (κ1) is 26.1. The molecule has 2 aromatic carbocycles. The van der Waals surface area contributed by atoms with Crippen molar-refractivity contribution in [1.29, 1.82) is 0 Å². The van der Waals surface area contributed by atoms with Crippen molar-refractivity contribution in [2.75, 3.05) is 20.2 Å². The van der Waals surface area contributed by atoms with Crippen LogP contribution in [-0.2, 0) is 10.0 Å². The van der Waals surface area contributed by atoms with Crippen LogP contribution in [0.3, 0.4) is 0 Å². The highest BCUT2D eigenvalue weighted by atomic mass is 32.2. The molecule has 8 nitrogen and oxygen atoms in total. The lowest BCUT2D eigenvalue weighted by Crippen LogP contribution is -2.29. The van der Waals surface area contributed by atoms with Gasteiger partial charge in [-0.3, -0.25) is 4.68 Å². The Hall–Kier alpha value is -4.09. The van der Waals surface area contributed by atoms with Gasteiger partial charge in [-0.15, -0.1) is 0 Å². The Morgan fingerprint density at radius 1 is 0.975 bits per heavy atom. The Morgan fingerprint density at radius 3 is 2.45 bits per heavy atom. The molecule has 1 saturated heterocycles. The van der Waals surface area contributed by atoms with Crippen LogP contribution < -0.4 is 10.1 Å². The summed E-state index contributed by atoms with van der Waals surface area (Å²) in [7, 11) is -2.82. The van der Waals surface area contributed by atoms with Crippen LogP contribution >= 0.6 is 0 Å². The van der Waals surface area contributed by atoms with Crippen molar-refractivity contribution in [2.24, 2.45) is 0 Å². The number of halogens is 2. The maximum Gasteiger partial charge on any atom is 0.269 e. The van der Waals surface area contributed by atoms with Gasteiger partial charge in [0.2, 0.25) is 0 Å². The third-order valence-corrected chi connectivity index (χ3v) is 8.97. The molecule has 0 aliphatic carbocycles. The average Bonchev–Trinajstić information content (AvgIpc) is 3.59. The van der Waals surface area contributed by atoms with Crippen LogP contribution in [0.4, 0.5) is 8.78 Å². The first-order chi connectivity index (χ1) is 19.3. The second-order valence-electron chi connectivity index (χ2n) is 9.91. The summed E-state index contributed by atoms with van der Waals surface area (Å²) in [5.41, 5.74) is 2.86. The molecule has 0 atom stereocenters. The number of fused-ring (bicyclic) bond motifs is 1. The maximum absolute atomic E-state index is 14.7. The Labute approximate surface area is 230 Å². The van der Waals surface area contributed by atoms with Gasteiger partial charge in [0.1, 0.15) is 5.82 Å². The largest absolute Gasteiger partial charge is 0.493 e. The molecule has 3 aromatic heterocycles. The quantitative estimate of drug-likeness (QED) is 0.301. The molecule has 206 valence electrons. The molecule has 6 rings (SSSR count). The maximum atomic E-state index is 14.7. The van der Waals surface area contributed by atoms with Gasteiger partial charge in [-0.1, -0.05) is 17.7 Å². The van der Waals surface area contributed by atoms with E-state index in [0.29, 0.717) is 10.9 Å². The van der Waals surface area contributed by atoms with Crippen LogP contribution in [0, 0.1) is 18.6 Å². The van der Waals surface area contributed by atoms with E-state index in [1.807, 2.05) is 17.8 Å². The monoisotopic (exact) mass is 563 g/mol. The van der Waals surface area contributed by atoms with Gasteiger partial charge in [-0.05, 0) is 57.1 Å². The topological polar surface area (TPSA) is 91.0 Å². The van der Waals surface area contributed by atoms with E-state index in [1.54, 1.807) is 30.6 Å². The second kappa shape index (κ2) is 10.1. The molecule has 0 amide bonds. The average molecular weight is 564 g/mol. The van der Waals surface area contributed by atoms with E-state index in [-0.39, 0.29) is 33.5 Å². The van der Waals surface area contributed by atoms with Crippen molar-refractivity contribution in [3.63, 3.8) is 0 Å². The number of hydrogen-bond acceptors (Lipinski definition) is 6. The van der Waals surface area contributed by atoms with E-state index in [9.17, 15) is 17.2 Å². The highest BCUT2D eigenvalue weighted by Crippen LogP contribution is 2.40. The summed E-state index contributed by atoms with van der Waals surface area (Å²) in [4.78, 5) is 4.61. The number of methoxy groups -OCH3 is 1. The van der Waals surface area contributed by atoms with E-state index < -0.39 is 21.7 Å². The van der Waals surface area contributed by atoms with Crippen LogP contribution in [0.2, 0.25) is 0 Å². The summed E-state index contributed by atoms with van der Waals surface area (Å²) in [6, 6.07) is 10.3. The Morgan fingerprint density at radius 2 is 1.73 bits per heavy atom. The van der Waals surface area contributed by atoms with Crippen molar-refractivity contribution < 1.29 is 21.9 Å². The van der Waals surface area contributed by atoms with Crippen molar-refractivity contribution >= 4 is 21.1 Å². The normalized spacial score (nSPS) is 14.6. The van der Waals surface area contributed by atoms with Crippen molar-refractivity contribution in [3.05, 3.63) is 84.4 Å². The zero-order chi connectivity index (χ0) is 28.0. The SMILES string of the molecule is COc1c(F)cc(F)cc1-c1cn(S(=O)(=O)c2ccc(C)cc2)c2ncc(-c3cnn(C4CCNCC4)c3)cc12. The number of hydrogen-bond donors (Lipinski definition) is 1. The van der Waals surface area contributed by atoms with E-state index >= 15 is 0 Å². The lowest BCUT2D eigenvalue weighted by Gasteiger charge is -2.22. The highest BCUT2D eigenvalue weighted by Gasteiger charge is 2.26. The second-order valence-corrected chi connectivity index (χ2v) is 11.7. The van der Waals surface area contributed by atoms with E-state index in [4.69, 9.17) is 4.74 Å². The van der Waals surface area contributed by atoms with Gasteiger partial charge >= 0.3 is 0 Å². The van der Waals surface area contributed by atoms with E-state index in [1.165, 1.54) is 25.4 Å². The fraction of sp³-hybridized carbons (Fsp3) is 0.241. The summed E-state index contributed by atoms with van der Waals surface area (Å²) in [6.07, 6.45) is 8.54. The molecular weight excluding hydrogens is 536 g/mol. The van der Waals surface area contributed by atoms with Crippen LogP contribution in [0.25, 0.3) is 33.3 Å². The Bertz CT molecular complexity index is 1820. The molecule has 40 heavy (non-hydrogen) atoms. The standard InChI is InChI=1S/C29H27F2N5O3S/c1-18-3-5-23(6-4-18)40(37,38)36-17-26(24-12-21(30)13-27(31)28(24)39-2)25-11-19(14-33-29(25)36)20-15-34-35(16-20)22-7-9-32-10-8-22/h3-6,11-17,22,32H,7-10H2,1-2H3. The van der Waals surface area contributed by atoms with Gasteiger partial charge < -0.3 is 10.1 Å². The molecule has 0 bridgehead atoms. The van der Waals surface area contributed by atoms with Gasteiger partial charge in [0.25, 0.3) is 10.0 Å². The number of piperidine rings is 1. The molecule has 1 aliphatic heterocycles.